The summed E-state index contributed by atoms with van der Waals surface area (Å²) in [5, 5.41) is 0. The minimum atomic E-state index is -3.95. The number of β-lactam (4-membered cyclic amide) rings is 1. The Morgan fingerprint density at radius 3 is 2.69 bits per heavy atom. The van der Waals surface area contributed by atoms with E-state index >= 15 is 0 Å². The monoisotopic (exact) mass is 279 g/mol. The van der Waals surface area contributed by atoms with Gasteiger partial charge in [0.1, 0.15) is 0 Å². The Kier molecular flexibility index (Phi) is 2.98. The highest BCUT2D eigenvalue weighted by atomic mass is 35.7. The van der Waals surface area contributed by atoms with Crippen molar-refractivity contribution in [1.82, 2.24) is 4.31 Å². The van der Waals surface area contributed by atoms with Crippen molar-refractivity contribution in [2.24, 2.45) is 0 Å². The van der Waals surface area contributed by atoms with Crippen LogP contribution in [0, 0.1) is 0 Å². The summed E-state index contributed by atoms with van der Waals surface area (Å²) in [4.78, 5) is 13.2. The summed E-state index contributed by atoms with van der Waals surface area (Å²) in [6, 6.07) is 3.40. The molecule has 16 heavy (non-hydrogen) atoms. The number of amides is 1. The normalized spacial score (nSPS) is 21.0. The van der Waals surface area contributed by atoms with E-state index in [1.165, 1.54) is 16.2 Å². The Morgan fingerprint density at radius 2 is 2.25 bits per heavy atom. The van der Waals surface area contributed by atoms with Crippen LogP contribution in [0.15, 0.2) is 12.1 Å². The second kappa shape index (κ2) is 4.01. The molecule has 1 aliphatic heterocycles. The molecule has 1 unspecified atom stereocenters. The number of hydrogen-bond donors (Lipinski definition) is 0. The van der Waals surface area contributed by atoms with Crippen LogP contribution in [-0.2, 0) is 20.5 Å². The molecular weight excluding hydrogens is 270 g/mol. The number of nitrogens with zero attached hydrogens (tertiary/aromatic N) is 1. The maximum atomic E-state index is 11.2. The summed E-state index contributed by atoms with van der Waals surface area (Å²) in [6.07, 6.45) is 1.12. The molecule has 1 aromatic heterocycles. The topological polar surface area (TPSA) is 54.5 Å². The van der Waals surface area contributed by atoms with Gasteiger partial charge in [0.2, 0.25) is 5.91 Å². The van der Waals surface area contributed by atoms with E-state index in [0.717, 1.165) is 15.6 Å². The van der Waals surface area contributed by atoms with Gasteiger partial charge in [0.05, 0.1) is 12.5 Å². The van der Waals surface area contributed by atoms with Gasteiger partial charge in [-0.3, -0.25) is 4.79 Å². The zero-order chi connectivity index (χ0) is 11.9. The number of carbonyl (C=O) groups excluding carboxylic acids is 1. The summed E-state index contributed by atoms with van der Waals surface area (Å²) < 4.78 is 23.1. The molecule has 0 aliphatic carbocycles. The molecule has 2 rings (SSSR count). The second-order valence-electron chi connectivity index (χ2n) is 3.51. The van der Waals surface area contributed by atoms with Gasteiger partial charge < -0.3 is 0 Å². The van der Waals surface area contributed by atoms with Crippen LogP contribution in [0.1, 0.15) is 29.1 Å². The minimum Gasteiger partial charge on any atom is -0.274 e. The van der Waals surface area contributed by atoms with E-state index in [0.29, 0.717) is 0 Å². The van der Waals surface area contributed by atoms with E-state index in [2.05, 4.69) is 0 Å². The first kappa shape index (κ1) is 11.9. The minimum absolute atomic E-state index is 0.218. The molecule has 1 aliphatic rings. The Bertz CT molecular complexity index is 523. The smallest absolute Gasteiger partial charge is 0.274 e. The van der Waals surface area contributed by atoms with Gasteiger partial charge in [-0.05, 0) is 18.6 Å². The Morgan fingerprint density at radius 1 is 1.56 bits per heavy atom. The summed E-state index contributed by atoms with van der Waals surface area (Å²) in [7, 11) is 1.25. The number of hydrogen-bond acceptors (Lipinski definition) is 4. The summed E-state index contributed by atoms with van der Waals surface area (Å²) in [5.74, 6) is -0.438. The van der Waals surface area contributed by atoms with Crippen LogP contribution in [0.5, 0.6) is 0 Å². The lowest BCUT2D eigenvalue weighted by atomic mass is 10.1. The van der Waals surface area contributed by atoms with Crippen molar-refractivity contribution in [2.45, 2.75) is 25.8 Å². The molecule has 1 fully saturated rings. The van der Waals surface area contributed by atoms with Crippen molar-refractivity contribution >= 4 is 37.2 Å². The van der Waals surface area contributed by atoms with Crippen molar-refractivity contribution in [3.05, 3.63) is 21.9 Å². The third-order valence-corrected chi connectivity index (χ3v) is 5.20. The van der Waals surface area contributed by atoms with Crippen LogP contribution in [-0.4, -0.2) is 18.6 Å². The first-order chi connectivity index (χ1) is 7.43. The van der Waals surface area contributed by atoms with Crippen LogP contribution in [0.4, 0.5) is 0 Å². The highest BCUT2D eigenvalue weighted by molar-refractivity contribution is 8.12. The van der Waals surface area contributed by atoms with Crippen molar-refractivity contribution in [3.63, 3.8) is 0 Å². The third-order valence-electron chi connectivity index (χ3n) is 2.49. The third kappa shape index (κ3) is 1.97. The van der Waals surface area contributed by atoms with Gasteiger partial charge >= 0.3 is 9.24 Å². The van der Waals surface area contributed by atoms with Crippen molar-refractivity contribution in [1.29, 1.82) is 0 Å². The van der Waals surface area contributed by atoms with Crippen LogP contribution in [0.3, 0.4) is 0 Å². The van der Waals surface area contributed by atoms with Gasteiger partial charge in [-0.1, -0.05) is 6.92 Å². The molecule has 0 bridgehead atoms. The SMILES string of the molecule is CCc1ccc(C2CC(=O)N2S(=O)(=O)Cl)s1. The number of carbonyl (C=O) groups is 1. The lowest BCUT2D eigenvalue weighted by Crippen LogP contribution is -2.47. The number of rotatable bonds is 3. The molecule has 0 spiro atoms. The highest BCUT2D eigenvalue weighted by Gasteiger charge is 2.45. The van der Waals surface area contributed by atoms with Gasteiger partial charge in [0, 0.05) is 20.4 Å². The Hall–Kier alpha value is -0.590. The molecule has 2 heterocycles. The fraction of sp³-hybridized carbons (Fsp3) is 0.444. The largest absolute Gasteiger partial charge is 0.324 e. The predicted octanol–water partition coefficient (Wildman–Crippen LogP) is 2.07. The van der Waals surface area contributed by atoms with Crippen LogP contribution >= 0.6 is 22.0 Å². The number of aryl methyl sites for hydroxylation is 1. The molecular formula is C9H10ClNO3S2. The molecule has 0 saturated carbocycles. The van der Waals surface area contributed by atoms with E-state index < -0.39 is 21.2 Å². The quantitative estimate of drug-likeness (QED) is 0.629. The average Bonchev–Trinajstić information content (AvgIpc) is 2.58. The van der Waals surface area contributed by atoms with Gasteiger partial charge in [-0.2, -0.15) is 8.42 Å². The van der Waals surface area contributed by atoms with Crippen LogP contribution in [0.25, 0.3) is 0 Å². The molecule has 0 radical (unpaired) electrons. The summed E-state index contributed by atoms with van der Waals surface area (Å²) in [6.45, 7) is 2.03. The summed E-state index contributed by atoms with van der Waals surface area (Å²) >= 11 is 1.52. The zero-order valence-electron chi connectivity index (χ0n) is 8.51. The van der Waals surface area contributed by atoms with Gasteiger partial charge in [-0.15, -0.1) is 11.3 Å². The van der Waals surface area contributed by atoms with Crippen LogP contribution in [0.2, 0.25) is 0 Å². The molecule has 0 aromatic carbocycles. The number of thiophene rings is 1. The molecule has 1 saturated heterocycles. The van der Waals surface area contributed by atoms with E-state index in [4.69, 9.17) is 10.7 Å². The van der Waals surface area contributed by atoms with Gasteiger partial charge in [-0.25, -0.2) is 4.31 Å². The molecule has 4 nitrogen and oxygen atoms in total. The zero-order valence-corrected chi connectivity index (χ0v) is 10.9. The first-order valence-electron chi connectivity index (χ1n) is 4.79. The molecule has 7 heteroatoms. The highest BCUT2D eigenvalue weighted by Crippen LogP contribution is 2.41. The number of halogens is 1. The predicted molar refractivity (Wildman–Crippen MR) is 62.7 cm³/mol. The van der Waals surface area contributed by atoms with E-state index in [1.807, 2.05) is 19.1 Å². The van der Waals surface area contributed by atoms with E-state index in [9.17, 15) is 13.2 Å². The van der Waals surface area contributed by atoms with Crippen LogP contribution < -0.4 is 0 Å². The van der Waals surface area contributed by atoms with E-state index in [1.54, 1.807) is 0 Å². The van der Waals surface area contributed by atoms with Gasteiger partial charge in [0.25, 0.3) is 0 Å². The van der Waals surface area contributed by atoms with Crippen molar-refractivity contribution in [2.75, 3.05) is 0 Å². The first-order valence-corrected chi connectivity index (χ1v) is 7.87. The molecule has 1 atom stereocenters. The van der Waals surface area contributed by atoms with Gasteiger partial charge in [0.15, 0.2) is 0 Å². The standard InChI is InChI=1S/C9H10ClNO3S2/c1-2-6-3-4-8(15-6)7-5-9(12)11(7)16(10,13)14/h3-4,7H,2,5H2,1H3. The fourth-order valence-corrected chi connectivity index (χ4v) is 4.09. The van der Waals surface area contributed by atoms with Crippen molar-refractivity contribution < 1.29 is 13.2 Å². The summed E-state index contributed by atoms with van der Waals surface area (Å²) in [5.41, 5.74) is 0. The Labute approximate surface area is 102 Å². The fourth-order valence-electron chi connectivity index (χ4n) is 1.65. The average molecular weight is 280 g/mol. The molecule has 0 N–H and O–H groups in total. The maximum Gasteiger partial charge on any atom is 0.324 e. The van der Waals surface area contributed by atoms with Crippen molar-refractivity contribution in [3.8, 4) is 0 Å². The molecule has 1 amide bonds. The lowest BCUT2D eigenvalue weighted by Gasteiger charge is -2.36. The second-order valence-corrected chi connectivity index (χ2v) is 7.10. The maximum absolute atomic E-state index is 11.2. The van der Waals surface area contributed by atoms with E-state index in [-0.39, 0.29) is 6.42 Å². The molecule has 1 aromatic rings. The molecule has 88 valence electrons. The Balaban J connectivity index is 2.27. The lowest BCUT2D eigenvalue weighted by molar-refractivity contribution is -0.137.